The molecule has 1 aromatic carbocycles. The first-order valence-electron chi connectivity index (χ1n) is 13.3. The number of carbonyl (C=O) groups is 1. The molecule has 198 valence electrons. The monoisotopic (exact) mass is 515 g/mol. The molecule has 10 nitrogen and oxygen atoms in total. The van der Waals surface area contributed by atoms with Crippen LogP contribution in [0, 0.1) is 11.8 Å². The molecule has 5 rings (SSSR count). The number of aromatic nitrogens is 7. The van der Waals surface area contributed by atoms with Crippen molar-refractivity contribution in [3.05, 3.63) is 70.7 Å². The molecule has 0 saturated heterocycles. The average molecular weight is 516 g/mol. The van der Waals surface area contributed by atoms with Crippen molar-refractivity contribution < 1.29 is 9.90 Å². The summed E-state index contributed by atoms with van der Waals surface area (Å²) in [4.78, 5) is 30.4. The van der Waals surface area contributed by atoms with Gasteiger partial charge in [-0.05, 0) is 53.7 Å². The van der Waals surface area contributed by atoms with Gasteiger partial charge in [0.05, 0.1) is 24.2 Å². The van der Waals surface area contributed by atoms with E-state index in [0.717, 1.165) is 60.2 Å². The summed E-state index contributed by atoms with van der Waals surface area (Å²) in [5.41, 5.74) is 4.27. The summed E-state index contributed by atoms with van der Waals surface area (Å²) < 4.78 is 3.48. The van der Waals surface area contributed by atoms with Gasteiger partial charge in [-0.15, -0.1) is 5.10 Å². The third kappa shape index (κ3) is 4.90. The first-order chi connectivity index (χ1) is 18.5. The van der Waals surface area contributed by atoms with Crippen molar-refractivity contribution in [1.82, 2.24) is 34.7 Å². The van der Waals surface area contributed by atoms with Gasteiger partial charge in [0, 0.05) is 29.2 Å². The number of aliphatic carboxylic acids is 1. The van der Waals surface area contributed by atoms with Gasteiger partial charge >= 0.3 is 11.7 Å². The quantitative estimate of drug-likeness (QED) is 0.321. The van der Waals surface area contributed by atoms with Gasteiger partial charge in [-0.3, -0.25) is 18.9 Å². The Kier molecular flexibility index (Phi) is 7.48. The molecule has 1 fully saturated rings. The van der Waals surface area contributed by atoms with Gasteiger partial charge in [-0.2, -0.15) is 0 Å². The summed E-state index contributed by atoms with van der Waals surface area (Å²) >= 11 is 0. The molecule has 1 aliphatic carbocycles. The Balaban J connectivity index is 1.46. The predicted octanol–water partition coefficient (Wildman–Crippen LogP) is 4.34. The molecule has 10 heteroatoms. The van der Waals surface area contributed by atoms with Crippen LogP contribution in [0.15, 0.2) is 53.6 Å². The average Bonchev–Trinajstić information content (AvgIpc) is 3.68. The second-order valence-electron chi connectivity index (χ2n) is 10.0. The van der Waals surface area contributed by atoms with Crippen molar-refractivity contribution in [2.24, 2.45) is 11.8 Å². The lowest BCUT2D eigenvalue weighted by atomic mass is 9.95. The number of hydrogen-bond donors (Lipinski definition) is 2. The zero-order valence-corrected chi connectivity index (χ0v) is 21.7. The number of unbranched alkanes of at least 4 members (excludes halogenated alkanes) is 1. The van der Waals surface area contributed by atoms with E-state index in [1.54, 1.807) is 15.3 Å². The van der Waals surface area contributed by atoms with Crippen LogP contribution in [0.2, 0.25) is 0 Å². The Bertz CT molecular complexity index is 1440. The van der Waals surface area contributed by atoms with E-state index < -0.39 is 11.9 Å². The van der Waals surface area contributed by atoms with Gasteiger partial charge in [-0.1, -0.05) is 57.0 Å². The molecule has 0 aliphatic heterocycles. The fraction of sp³-hybridized carbons (Fsp3) is 0.429. The van der Waals surface area contributed by atoms with Gasteiger partial charge in [0.2, 0.25) is 0 Å². The largest absolute Gasteiger partial charge is 0.481 e. The molecule has 3 atom stereocenters. The zero-order chi connectivity index (χ0) is 26.6. The molecular formula is C28H33N7O3. The van der Waals surface area contributed by atoms with Gasteiger partial charge in [0.25, 0.3) is 0 Å². The number of tetrazole rings is 1. The number of benzene rings is 1. The maximum Gasteiger partial charge on any atom is 0.328 e. The highest BCUT2D eigenvalue weighted by molar-refractivity contribution is 5.79. The predicted molar refractivity (Wildman–Crippen MR) is 142 cm³/mol. The molecule has 0 spiro atoms. The van der Waals surface area contributed by atoms with E-state index in [9.17, 15) is 14.7 Å². The van der Waals surface area contributed by atoms with Crippen molar-refractivity contribution >= 4 is 5.97 Å². The van der Waals surface area contributed by atoms with E-state index in [0.29, 0.717) is 18.8 Å². The lowest BCUT2D eigenvalue weighted by molar-refractivity contribution is -0.142. The minimum atomic E-state index is -0.820. The van der Waals surface area contributed by atoms with Gasteiger partial charge in [0.1, 0.15) is 0 Å². The number of H-pyrrole nitrogens is 1. The summed E-state index contributed by atoms with van der Waals surface area (Å²) in [5.74, 6) is -0.597. The van der Waals surface area contributed by atoms with Crippen LogP contribution in [0.1, 0.15) is 63.4 Å². The number of nitrogens with one attached hydrogen (secondary N) is 1. The molecular weight excluding hydrogens is 482 g/mol. The SMILES string of the molecule is CCCCc1cn(C2C(CC)CCC2C(=O)O)c(=O)n1Cc1ccc(-c2ccccc2-c2nnn[nH]2)cn1. The van der Waals surface area contributed by atoms with Crippen molar-refractivity contribution in [2.75, 3.05) is 0 Å². The van der Waals surface area contributed by atoms with Crippen molar-refractivity contribution in [3.8, 4) is 22.5 Å². The Morgan fingerprint density at radius 2 is 1.95 bits per heavy atom. The number of carboxylic acids is 1. The van der Waals surface area contributed by atoms with Crippen molar-refractivity contribution in [2.45, 2.75) is 65.0 Å². The number of aromatic amines is 1. The standard InChI is InChI=1S/C28H33N7O3/c1-3-5-8-21-17-35(25-18(4-2)12-14-24(25)27(36)37)28(38)34(21)16-20-13-11-19(15-29-20)22-9-6-7-10-23(22)26-30-32-33-31-26/h6-7,9-11,13,15,17-18,24-25H,3-5,8,12,14,16H2,1-2H3,(H,36,37)(H,30,31,32,33). The van der Waals surface area contributed by atoms with E-state index in [1.165, 1.54) is 0 Å². The van der Waals surface area contributed by atoms with Crippen LogP contribution in [0.3, 0.4) is 0 Å². The van der Waals surface area contributed by atoms with E-state index in [2.05, 4.69) is 34.5 Å². The van der Waals surface area contributed by atoms with Crippen LogP contribution in [0.25, 0.3) is 22.5 Å². The van der Waals surface area contributed by atoms with Crippen LogP contribution in [-0.4, -0.2) is 45.8 Å². The highest BCUT2D eigenvalue weighted by atomic mass is 16.4. The molecule has 3 heterocycles. The van der Waals surface area contributed by atoms with E-state index in [-0.39, 0.29) is 17.6 Å². The van der Waals surface area contributed by atoms with E-state index >= 15 is 0 Å². The number of nitrogens with zero attached hydrogens (tertiary/aromatic N) is 6. The second-order valence-corrected chi connectivity index (χ2v) is 10.0. The Labute approximate surface area is 220 Å². The molecule has 0 radical (unpaired) electrons. The Hall–Kier alpha value is -4.08. The Morgan fingerprint density at radius 3 is 2.61 bits per heavy atom. The lowest BCUT2D eigenvalue weighted by Gasteiger charge is -2.22. The highest BCUT2D eigenvalue weighted by Crippen LogP contribution is 2.42. The van der Waals surface area contributed by atoms with Crippen LogP contribution in [0.5, 0.6) is 0 Å². The molecule has 38 heavy (non-hydrogen) atoms. The van der Waals surface area contributed by atoms with Crippen molar-refractivity contribution in [1.29, 1.82) is 0 Å². The molecule has 0 amide bonds. The number of aryl methyl sites for hydroxylation is 1. The molecule has 1 aliphatic rings. The summed E-state index contributed by atoms with van der Waals surface area (Å²) in [6, 6.07) is 11.4. The van der Waals surface area contributed by atoms with Crippen LogP contribution >= 0.6 is 0 Å². The molecule has 4 aromatic rings. The summed E-state index contributed by atoms with van der Waals surface area (Å²) in [6.07, 6.45) is 8.71. The lowest BCUT2D eigenvalue weighted by Crippen LogP contribution is -2.34. The first kappa shape index (κ1) is 25.6. The zero-order valence-electron chi connectivity index (χ0n) is 21.7. The smallest absolute Gasteiger partial charge is 0.328 e. The topological polar surface area (TPSA) is 132 Å². The van der Waals surface area contributed by atoms with Gasteiger partial charge in [-0.25, -0.2) is 9.89 Å². The van der Waals surface area contributed by atoms with Crippen LogP contribution in [0.4, 0.5) is 0 Å². The van der Waals surface area contributed by atoms with Crippen molar-refractivity contribution in [3.63, 3.8) is 0 Å². The van der Waals surface area contributed by atoms with Crippen LogP contribution in [-0.2, 0) is 17.8 Å². The molecule has 2 N–H and O–H groups in total. The molecule has 3 unspecified atom stereocenters. The maximum atomic E-state index is 13.7. The minimum Gasteiger partial charge on any atom is -0.481 e. The number of imidazole rings is 1. The molecule has 3 aromatic heterocycles. The Morgan fingerprint density at radius 1 is 1.13 bits per heavy atom. The maximum absolute atomic E-state index is 13.7. The van der Waals surface area contributed by atoms with E-state index in [4.69, 9.17) is 4.98 Å². The fourth-order valence-electron chi connectivity index (χ4n) is 5.74. The third-order valence-corrected chi connectivity index (χ3v) is 7.76. The molecule has 1 saturated carbocycles. The number of pyridine rings is 1. The number of rotatable bonds is 10. The first-order valence-corrected chi connectivity index (χ1v) is 13.3. The summed E-state index contributed by atoms with van der Waals surface area (Å²) in [7, 11) is 0. The highest BCUT2D eigenvalue weighted by Gasteiger charge is 2.41. The summed E-state index contributed by atoms with van der Waals surface area (Å²) in [5, 5.41) is 24.1. The van der Waals surface area contributed by atoms with Crippen LogP contribution < -0.4 is 5.69 Å². The number of carboxylic acid groups (broad SMARTS) is 1. The van der Waals surface area contributed by atoms with E-state index in [1.807, 2.05) is 42.6 Å². The summed E-state index contributed by atoms with van der Waals surface area (Å²) in [6.45, 7) is 4.53. The second kappa shape index (κ2) is 11.1. The van der Waals surface area contributed by atoms with Gasteiger partial charge < -0.3 is 5.11 Å². The fourth-order valence-corrected chi connectivity index (χ4v) is 5.74. The number of hydrogen-bond acceptors (Lipinski definition) is 6. The minimum absolute atomic E-state index is 0.151. The van der Waals surface area contributed by atoms with Gasteiger partial charge in [0.15, 0.2) is 5.82 Å². The third-order valence-electron chi connectivity index (χ3n) is 7.76. The normalized spacial score (nSPS) is 19.2. The molecule has 0 bridgehead atoms.